The molecule has 2 atom stereocenters. The van der Waals surface area contributed by atoms with Gasteiger partial charge >= 0.3 is 6.18 Å². The molecule has 1 aromatic heterocycles. The highest BCUT2D eigenvalue weighted by molar-refractivity contribution is 5.47. The number of nitrogens with one attached hydrogen (secondary N) is 1. The number of anilines is 1. The van der Waals surface area contributed by atoms with Crippen molar-refractivity contribution in [2.45, 2.75) is 51.2 Å². The monoisotopic (exact) mass is 275 g/mol. The van der Waals surface area contributed by atoms with E-state index in [1.165, 1.54) is 0 Å². The average Bonchev–Trinajstić information content (AvgIpc) is 2.69. The summed E-state index contributed by atoms with van der Waals surface area (Å²) in [6.45, 7) is 1.95. The molecule has 19 heavy (non-hydrogen) atoms. The molecule has 2 unspecified atom stereocenters. The van der Waals surface area contributed by atoms with Gasteiger partial charge in [0.05, 0.1) is 17.3 Å². The van der Waals surface area contributed by atoms with Crippen molar-refractivity contribution < 1.29 is 13.2 Å². The van der Waals surface area contributed by atoms with Crippen molar-refractivity contribution in [3.8, 4) is 0 Å². The van der Waals surface area contributed by atoms with Gasteiger partial charge in [0.2, 0.25) is 0 Å². The molecule has 1 fully saturated rings. The summed E-state index contributed by atoms with van der Waals surface area (Å²) in [6, 6.07) is -0.525. The number of alkyl halides is 3. The normalized spacial score (nSPS) is 24.5. The van der Waals surface area contributed by atoms with Crippen LogP contribution in [0.2, 0.25) is 0 Å². The molecule has 6 heteroatoms. The lowest BCUT2D eigenvalue weighted by molar-refractivity contribution is -0.184. The van der Waals surface area contributed by atoms with E-state index in [0.717, 1.165) is 17.8 Å². The van der Waals surface area contributed by atoms with Crippen LogP contribution >= 0.6 is 0 Å². The van der Waals surface area contributed by atoms with E-state index < -0.39 is 18.1 Å². The number of halogens is 3. The van der Waals surface area contributed by atoms with Crippen molar-refractivity contribution >= 4 is 5.69 Å². The molecular formula is C13H20F3N3. The average molecular weight is 275 g/mol. The predicted octanol–water partition coefficient (Wildman–Crippen LogP) is 3.52. The first kappa shape index (κ1) is 14.2. The van der Waals surface area contributed by atoms with Gasteiger partial charge in [-0.3, -0.25) is 4.68 Å². The molecule has 0 aliphatic heterocycles. The minimum absolute atomic E-state index is 0.225. The fourth-order valence-corrected chi connectivity index (χ4v) is 2.81. The van der Waals surface area contributed by atoms with Crippen molar-refractivity contribution in [3.63, 3.8) is 0 Å². The van der Waals surface area contributed by atoms with Crippen LogP contribution in [0.15, 0.2) is 6.20 Å². The number of aryl methyl sites for hydroxylation is 2. The van der Waals surface area contributed by atoms with Crippen LogP contribution in [-0.2, 0) is 13.5 Å². The zero-order chi connectivity index (χ0) is 14.0. The highest BCUT2D eigenvalue weighted by atomic mass is 19.4. The standard InChI is InChI=1S/C13H20F3N3/c1-3-10-12(8-19(2)18-10)17-11-7-5-4-6-9(11)13(14,15)16/h8-9,11,17H,3-7H2,1-2H3. The van der Waals surface area contributed by atoms with Gasteiger partial charge < -0.3 is 5.32 Å². The zero-order valence-corrected chi connectivity index (χ0v) is 11.3. The lowest BCUT2D eigenvalue weighted by atomic mass is 9.84. The van der Waals surface area contributed by atoms with E-state index in [0.29, 0.717) is 19.3 Å². The highest BCUT2D eigenvalue weighted by Gasteiger charge is 2.45. The Morgan fingerprint density at radius 3 is 2.68 bits per heavy atom. The van der Waals surface area contributed by atoms with E-state index in [4.69, 9.17) is 0 Å². The fourth-order valence-electron chi connectivity index (χ4n) is 2.81. The molecule has 0 amide bonds. The Morgan fingerprint density at radius 1 is 1.37 bits per heavy atom. The van der Waals surface area contributed by atoms with E-state index in [9.17, 15) is 13.2 Å². The molecule has 1 heterocycles. The molecule has 2 rings (SSSR count). The van der Waals surface area contributed by atoms with Crippen LogP contribution in [0.1, 0.15) is 38.3 Å². The van der Waals surface area contributed by atoms with E-state index >= 15 is 0 Å². The van der Waals surface area contributed by atoms with Crippen LogP contribution in [0.3, 0.4) is 0 Å². The zero-order valence-electron chi connectivity index (χ0n) is 11.3. The smallest absolute Gasteiger partial charge is 0.379 e. The third-order valence-corrected chi connectivity index (χ3v) is 3.77. The van der Waals surface area contributed by atoms with Crippen molar-refractivity contribution in [2.75, 3.05) is 5.32 Å². The molecule has 0 bridgehead atoms. The van der Waals surface area contributed by atoms with Crippen LogP contribution in [0, 0.1) is 5.92 Å². The van der Waals surface area contributed by atoms with Gasteiger partial charge in [0.15, 0.2) is 0 Å². The first-order chi connectivity index (χ1) is 8.91. The second kappa shape index (κ2) is 5.43. The Bertz CT molecular complexity index is 425. The minimum atomic E-state index is -4.12. The van der Waals surface area contributed by atoms with E-state index in [-0.39, 0.29) is 6.42 Å². The molecule has 0 radical (unpaired) electrons. The first-order valence-corrected chi connectivity index (χ1v) is 6.77. The first-order valence-electron chi connectivity index (χ1n) is 6.77. The van der Waals surface area contributed by atoms with E-state index in [1.807, 2.05) is 6.92 Å². The minimum Gasteiger partial charge on any atom is -0.379 e. The molecule has 1 aliphatic rings. The Hall–Kier alpha value is -1.20. The van der Waals surface area contributed by atoms with Gasteiger partial charge in [-0.15, -0.1) is 0 Å². The summed E-state index contributed by atoms with van der Waals surface area (Å²) in [5, 5.41) is 7.33. The number of rotatable bonds is 3. The maximum atomic E-state index is 13.0. The SMILES string of the molecule is CCc1nn(C)cc1NC1CCCCC1C(F)(F)F. The lowest BCUT2D eigenvalue weighted by Crippen LogP contribution is -2.41. The summed E-state index contributed by atoms with van der Waals surface area (Å²) in [7, 11) is 1.78. The summed E-state index contributed by atoms with van der Waals surface area (Å²) in [6.07, 6.45) is 0.674. The van der Waals surface area contributed by atoms with Crippen molar-refractivity contribution in [3.05, 3.63) is 11.9 Å². The summed E-state index contributed by atoms with van der Waals surface area (Å²) in [5.41, 5.74) is 1.57. The summed E-state index contributed by atoms with van der Waals surface area (Å²) >= 11 is 0. The van der Waals surface area contributed by atoms with Crippen LogP contribution in [0.5, 0.6) is 0 Å². The van der Waals surface area contributed by atoms with Gasteiger partial charge in [0.1, 0.15) is 0 Å². The number of hydrogen-bond acceptors (Lipinski definition) is 2. The number of aromatic nitrogens is 2. The molecule has 108 valence electrons. The van der Waals surface area contributed by atoms with Gasteiger partial charge in [-0.2, -0.15) is 18.3 Å². The molecule has 3 nitrogen and oxygen atoms in total. The summed E-state index contributed by atoms with van der Waals surface area (Å²) in [5.74, 6) is -1.24. The third kappa shape index (κ3) is 3.22. The summed E-state index contributed by atoms with van der Waals surface area (Å²) < 4.78 is 40.7. The van der Waals surface area contributed by atoms with Gasteiger partial charge in [0.25, 0.3) is 0 Å². The molecule has 1 saturated carbocycles. The van der Waals surface area contributed by atoms with Crippen LogP contribution in [0.25, 0.3) is 0 Å². The summed E-state index contributed by atoms with van der Waals surface area (Å²) in [4.78, 5) is 0. The molecule has 0 spiro atoms. The van der Waals surface area contributed by atoms with Gasteiger partial charge in [-0.05, 0) is 19.3 Å². The van der Waals surface area contributed by atoms with Crippen LogP contribution < -0.4 is 5.32 Å². The Labute approximate surface area is 111 Å². The molecular weight excluding hydrogens is 255 g/mol. The quantitative estimate of drug-likeness (QED) is 0.914. The second-order valence-corrected chi connectivity index (χ2v) is 5.20. The largest absolute Gasteiger partial charge is 0.393 e. The molecule has 1 N–H and O–H groups in total. The Morgan fingerprint density at radius 2 is 2.05 bits per heavy atom. The van der Waals surface area contributed by atoms with Gasteiger partial charge in [-0.1, -0.05) is 19.8 Å². The maximum absolute atomic E-state index is 13.0. The molecule has 1 aromatic rings. The van der Waals surface area contributed by atoms with E-state index in [2.05, 4.69) is 10.4 Å². The third-order valence-electron chi connectivity index (χ3n) is 3.77. The molecule has 1 aliphatic carbocycles. The maximum Gasteiger partial charge on any atom is 0.393 e. The number of hydrogen-bond donors (Lipinski definition) is 1. The van der Waals surface area contributed by atoms with E-state index in [1.54, 1.807) is 17.9 Å². The Kier molecular flexibility index (Phi) is 4.06. The predicted molar refractivity (Wildman–Crippen MR) is 68.0 cm³/mol. The lowest BCUT2D eigenvalue weighted by Gasteiger charge is -2.34. The van der Waals surface area contributed by atoms with Crippen molar-refractivity contribution in [1.82, 2.24) is 9.78 Å². The van der Waals surface area contributed by atoms with Gasteiger partial charge in [0, 0.05) is 19.3 Å². The Balaban J connectivity index is 2.15. The van der Waals surface area contributed by atoms with Crippen molar-refractivity contribution in [1.29, 1.82) is 0 Å². The number of nitrogens with zero attached hydrogens (tertiary/aromatic N) is 2. The topological polar surface area (TPSA) is 29.9 Å². The van der Waals surface area contributed by atoms with Crippen LogP contribution in [0.4, 0.5) is 18.9 Å². The molecule has 0 saturated heterocycles. The molecule has 0 aromatic carbocycles. The van der Waals surface area contributed by atoms with Crippen molar-refractivity contribution in [2.24, 2.45) is 13.0 Å². The highest BCUT2D eigenvalue weighted by Crippen LogP contribution is 2.39. The second-order valence-electron chi connectivity index (χ2n) is 5.20. The fraction of sp³-hybridized carbons (Fsp3) is 0.769. The van der Waals surface area contributed by atoms with Gasteiger partial charge in [-0.25, -0.2) is 0 Å². The van der Waals surface area contributed by atoms with Crippen LogP contribution in [-0.4, -0.2) is 22.0 Å².